The van der Waals surface area contributed by atoms with Crippen LogP contribution in [-0.2, 0) is 0 Å². The summed E-state index contributed by atoms with van der Waals surface area (Å²) in [5, 5.41) is 15.1. The molecule has 0 aliphatic carbocycles. The van der Waals surface area contributed by atoms with Crippen LogP contribution in [0.2, 0.25) is 5.02 Å². The maximum absolute atomic E-state index is 10.2. The lowest BCUT2D eigenvalue weighted by Gasteiger charge is -2.33. The number of likely N-dealkylation sites (tertiary alicyclic amines) is 1. The van der Waals surface area contributed by atoms with Gasteiger partial charge in [0.2, 0.25) is 0 Å². The van der Waals surface area contributed by atoms with Crippen LogP contribution < -0.4 is 4.74 Å². The van der Waals surface area contributed by atoms with Gasteiger partial charge in [-0.15, -0.1) is 0 Å². The van der Waals surface area contributed by atoms with Crippen LogP contribution in [0.25, 0.3) is 0 Å². The predicted molar refractivity (Wildman–Crippen MR) is 94.6 cm³/mol. The summed E-state index contributed by atoms with van der Waals surface area (Å²) < 4.78 is 7.72. The molecule has 24 heavy (non-hydrogen) atoms. The van der Waals surface area contributed by atoms with E-state index in [0.717, 1.165) is 31.5 Å². The van der Waals surface area contributed by atoms with E-state index in [1.165, 1.54) is 0 Å². The number of hydrogen-bond acceptors (Lipinski definition) is 4. The monoisotopic (exact) mass is 349 g/mol. The van der Waals surface area contributed by atoms with Crippen LogP contribution in [0.5, 0.6) is 5.75 Å². The third kappa shape index (κ3) is 4.50. The minimum Gasteiger partial charge on any atom is -0.489 e. The number of nitrogens with zero attached hydrogens (tertiary/aromatic N) is 3. The minimum atomic E-state index is -0.525. The summed E-state index contributed by atoms with van der Waals surface area (Å²) in [5.74, 6) is 0.633. The molecule has 5 nitrogen and oxygen atoms in total. The van der Waals surface area contributed by atoms with Crippen LogP contribution in [0.4, 0.5) is 0 Å². The number of ether oxygens (including phenoxy) is 1. The van der Waals surface area contributed by atoms with Crippen molar-refractivity contribution in [2.45, 2.75) is 31.9 Å². The number of aliphatic hydroxyl groups excluding tert-OH is 1. The molecule has 2 aromatic rings. The number of benzene rings is 1. The Morgan fingerprint density at radius 2 is 2.17 bits per heavy atom. The molecule has 1 fully saturated rings. The standard InChI is InChI=1S/C18H24ClN3O2/c1-14-3-4-17(19)18(11-14)24-13-16(23)12-21-9-5-15(6-10-21)22-8-2-7-20-22/h2-4,7-8,11,15-16,23H,5-6,9-10,12-13H2,1H3/t16-/m0/s1. The lowest BCUT2D eigenvalue weighted by molar-refractivity contribution is 0.0550. The van der Waals surface area contributed by atoms with Crippen molar-refractivity contribution in [3.63, 3.8) is 0 Å². The van der Waals surface area contributed by atoms with E-state index in [1.54, 1.807) is 0 Å². The molecule has 1 aliphatic rings. The number of aromatic nitrogens is 2. The van der Waals surface area contributed by atoms with Crippen molar-refractivity contribution in [1.82, 2.24) is 14.7 Å². The zero-order valence-electron chi connectivity index (χ0n) is 13.9. The Hall–Kier alpha value is -1.56. The highest BCUT2D eigenvalue weighted by Crippen LogP contribution is 2.25. The molecular formula is C18H24ClN3O2. The lowest BCUT2D eigenvalue weighted by Crippen LogP contribution is -2.41. The molecule has 0 amide bonds. The van der Waals surface area contributed by atoms with Crippen LogP contribution >= 0.6 is 11.6 Å². The van der Waals surface area contributed by atoms with E-state index in [-0.39, 0.29) is 6.61 Å². The molecule has 1 N–H and O–H groups in total. The summed E-state index contributed by atoms with van der Waals surface area (Å²) in [6.45, 7) is 4.79. The second-order valence-corrected chi connectivity index (χ2v) is 6.82. The molecule has 3 rings (SSSR count). The second-order valence-electron chi connectivity index (χ2n) is 6.42. The van der Waals surface area contributed by atoms with Gasteiger partial charge in [-0.25, -0.2) is 0 Å². The third-order valence-corrected chi connectivity index (χ3v) is 4.76. The highest BCUT2D eigenvalue weighted by atomic mass is 35.5. The van der Waals surface area contributed by atoms with Crippen molar-refractivity contribution in [2.24, 2.45) is 0 Å². The number of rotatable bonds is 6. The largest absolute Gasteiger partial charge is 0.489 e. The Labute approximate surface area is 147 Å². The molecule has 0 bridgehead atoms. The number of aliphatic hydroxyl groups is 1. The quantitative estimate of drug-likeness (QED) is 0.871. The molecule has 1 aromatic carbocycles. The number of hydrogen-bond donors (Lipinski definition) is 1. The number of aryl methyl sites for hydroxylation is 1. The van der Waals surface area contributed by atoms with Gasteiger partial charge in [-0.2, -0.15) is 5.10 Å². The molecule has 0 radical (unpaired) electrons. The smallest absolute Gasteiger partial charge is 0.138 e. The summed E-state index contributed by atoms with van der Waals surface area (Å²) in [4.78, 5) is 2.28. The van der Waals surface area contributed by atoms with E-state index in [9.17, 15) is 5.11 Å². The maximum atomic E-state index is 10.2. The van der Waals surface area contributed by atoms with E-state index < -0.39 is 6.10 Å². The molecule has 1 aliphatic heterocycles. The molecule has 1 aromatic heterocycles. The first-order chi connectivity index (χ1) is 11.6. The van der Waals surface area contributed by atoms with Crippen molar-refractivity contribution < 1.29 is 9.84 Å². The van der Waals surface area contributed by atoms with Crippen LogP contribution in [0.15, 0.2) is 36.7 Å². The van der Waals surface area contributed by atoms with Gasteiger partial charge in [0.1, 0.15) is 18.5 Å². The number of halogens is 1. The van der Waals surface area contributed by atoms with Crippen LogP contribution in [0.1, 0.15) is 24.4 Å². The van der Waals surface area contributed by atoms with Gasteiger partial charge in [0.25, 0.3) is 0 Å². The molecule has 0 saturated carbocycles. The van der Waals surface area contributed by atoms with Gasteiger partial charge in [-0.3, -0.25) is 4.68 Å². The Morgan fingerprint density at radius 1 is 1.38 bits per heavy atom. The van der Waals surface area contributed by atoms with Crippen molar-refractivity contribution in [3.8, 4) is 5.75 Å². The number of β-amino-alcohol motifs (C(OH)–C–C–N with tert-alkyl or cyclic N) is 1. The molecular weight excluding hydrogens is 326 g/mol. The summed E-state index contributed by atoms with van der Waals surface area (Å²) in [7, 11) is 0. The zero-order chi connectivity index (χ0) is 16.9. The third-order valence-electron chi connectivity index (χ3n) is 4.44. The molecule has 1 atom stereocenters. The fourth-order valence-electron chi connectivity index (χ4n) is 3.12. The second kappa shape index (κ2) is 8.01. The van der Waals surface area contributed by atoms with Crippen LogP contribution in [-0.4, -0.2) is 52.1 Å². The Kier molecular flexibility index (Phi) is 5.76. The van der Waals surface area contributed by atoms with Crippen molar-refractivity contribution in [1.29, 1.82) is 0 Å². The molecule has 1 saturated heterocycles. The van der Waals surface area contributed by atoms with Crippen molar-refractivity contribution in [2.75, 3.05) is 26.2 Å². The minimum absolute atomic E-state index is 0.252. The van der Waals surface area contributed by atoms with E-state index in [0.29, 0.717) is 23.4 Å². The van der Waals surface area contributed by atoms with Gasteiger partial charge >= 0.3 is 0 Å². The topological polar surface area (TPSA) is 50.5 Å². The Morgan fingerprint density at radius 3 is 2.88 bits per heavy atom. The first-order valence-electron chi connectivity index (χ1n) is 8.40. The van der Waals surface area contributed by atoms with E-state index in [1.807, 2.05) is 48.3 Å². The summed E-state index contributed by atoms with van der Waals surface area (Å²) >= 11 is 6.11. The van der Waals surface area contributed by atoms with Crippen LogP contribution in [0, 0.1) is 6.92 Å². The van der Waals surface area contributed by atoms with E-state index >= 15 is 0 Å². The van der Waals surface area contributed by atoms with Crippen LogP contribution in [0.3, 0.4) is 0 Å². The lowest BCUT2D eigenvalue weighted by atomic mass is 10.1. The maximum Gasteiger partial charge on any atom is 0.138 e. The normalized spacial score (nSPS) is 17.8. The summed E-state index contributed by atoms with van der Waals surface area (Å²) in [6.07, 6.45) is 5.43. The highest BCUT2D eigenvalue weighted by molar-refractivity contribution is 6.32. The summed E-state index contributed by atoms with van der Waals surface area (Å²) in [5.41, 5.74) is 1.09. The predicted octanol–water partition coefficient (Wildman–Crippen LogP) is 2.92. The Balaban J connectivity index is 1.43. The molecule has 130 valence electrons. The van der Waals surface area contributed by atoms with Gasteiger partial charge in [0.15, 0.2) is 0 Å². The molecule has 6 heteroatoms. The highest BCUT2D eigenvalue weighted by Gasteiger charge is 2.22. The van der Waals surface area contributed by atoms with Gasteiger partial charge in [0.05, 0.1) is 11.1 Å². The average Bonchev–Trinajstić information content (AvgIpc) is 3.11. The first kappa shape index (κ1) is 17.3. The van der Waals surface area contributed by atoms with Crippen molar-refractivity contribution in [3.05, 3.63) is 47.2 Å². The van der Waals surface area contributed by atoms with E-state index in [2.05, 4.69) is 10.00 Å². The fourth-order valence-corrected chi connectivity index (χ4v) is 3.29. The van der Waals surface area contributed by atoms with Gasteiger partial charge < -0.3 is 14.7 Å². The molecule has 0 spiro atoms. The summed E-state index contributed by atoms with van der Waals surface area (Å²) in [6, 6.07) is 8.08. The SMILES string of the molecule is Cc1ccc(Cl)c(OC[C@@H](O)CN2CCC(n3cccn3)CC2)c1. The fraction of sp³-hybridized carbons (Fsp3) is 0.500. The van der Waals surface area contributed by atoms with Gasteiger partial charge in [-0.1, -0.05) is 17.7 Å². The zero-order valence-corrected chi connectivity index (χ0v) is 14.7. The Bertz CT molecular complexity index is 640. The molecule has 0 unspecified atom stereocenters. The van der Waals surface area contributed by atoms with Gasteiger partial charge in [0, 0.05) is 32.0 Å². The molecule has 2 heterocycles. The number of piperidine rings is 1. The van der Waals surface area contributed by atoms with E-state index in [4.69, 9.17) is 16.3 Å². The van der Waals surface area contributed by atoms with Crippen molar-refractivity contribution >= 4 is 11.6 Å². The first-order valence-corrected chi connectivity index (χ1v) is 8.78. The van der Waals surface area contributed by atoms with Gasteiger partial charge in [-0.05, 0) is 43.5 Å². The average molecular weight is 350 g/mol.